The van der Waals surface area contributed by atoms with Crippen molar-refractivity contribution < 1.29 is 9.53 Å². The van der Waals surface area contributed by atoms with Crippen LogP contribution >= 0.6 is 22.9 Å². The van der Waals surface area contributed by atoms with Crippen molar-refractivity contribution in [3.8, 4) is 0 Å². The molecule has 2 heterocycles. The molecule has 0 radical (unpaired) electrons. The van der Waals surface area contributed by atoms with Crippen LogP contribution in [0.3, 0.4) is 0 Å². The molecule has 0 aliphatic rings. The third-order valence-corrected chi connectivity index (χ3v) is 3.10. The minimum atomic E-state index is -0.309. The standard InChI is InChI=1S/C10H8ClNO2S/c1-2-14-10(13)8-5-6-7(15-8)3-4-9(11)12-6/h3-5H,2H2,1H3. The summed E-state index contributed by atoms with van der Waals surface area (Å²) >= 11 is 7.10. The molecule has 0 aliphatic carbocycles. The van der Waals surface area contributed by atoms with E-state index in [9.17, 15) is 4.79 Å². The molecule has 0 bridgehead atoms. The number of rotatable bonds is 2. The summed E-state index contributed by atoms with van der Waals surface area (Å²) in [7, 11) is 0. The van der Waals surface area contributed by atoms with Gasteiger partial charge in [-0.15, -0.1) is 11.3 Å². The molecule has 0 saturated heterocycles. The molecule has 0 saturated carbocycles. The van der Waals surface area contributed by atoms with E-state index in [4.69, 9.17) is 16.3 Å². The molecule has 3 nitrogen and oxygen atoms in total. The number of carbonyl (C=O) groups excluding carboxylic acids is 1. The number of halogens is 1. The number of fused-ring (bicyclic) bond motifs is 1. The Balaban J connectivity index is 2.42. The van der Waals surface area contributed by atoms with Gasteiger partial charge in [-0.1, -0.05) is 11.6 Å². The lowest BCUT2D eigenvalue weighted by Crippen LogP contribution is -2.01. The molecule has 0 atom stereocenters. The molecule has 0 spiro atoms. The van der Waals surface area contributed by atoms with E-state index in [0.29, 0.717) is 16.6 Å². The fraction of sp³-hybridized carbons (Fsp3) is 0.200. The van der Waals surface area contributed by atoms with E-state index in [1.807, 2.05) is 6.07 Å². The predicted molar refractivity (Wildman–Crippen MR) is 60.6 cm³/mol. The molecule has 0 fully saturated rings. The van der Waals surface area contributed by atoms with E-state index in [1.54, 1.807) is 19.1 Å². The quantitative estimate of drug-likeness (QED) is 0.599. The number of carbonyl (C=O) groups is 1. The molecule has 15 heavy (non-hydrogen) atoms. The summed E-state index contributed by atoms with van der Waals surface area (Å²) in [4.78, 5) is 16.1. The highest BCUT2D eigenvalue weighted by Crippen LogP contribution is 2.25. The van der Waals surface area contributed by atoms with E-state index in [0.717, 1.165) is 10.2 Å². The van der Waals surface area contributed by atoms with Gasteiger partial charge in [-0.05, 0) is 25.1 Å². The Morgan fingerprint density at radius 2 is 2.40 bits per heavy atom. The van der Waals surface area contributed by atoms with Crippen LogP contribution in [0.4, 0.5) is 0 Å². The molecule has 78 valence electrons. The van der Waals surface area contributed by atoms with E-state index >= 15 is 0 Å². The SMILES string of the molecule is CCOC(=O)c1cc2nc(Cl)ccc2s1. The summed E-state index contributed by atoms with van der Waals surface area (Å²) in [6.45, 7) is 2.15. The van der Waals surface area contributed by atoms with Crippen molar-refractivity contribution in [1.29, 1.82) is 0 Å². The van der Waals surface area contributed by atoms with Crippen LogP contribution in [0.2, 0.25) is 5.15 Å². The lowest BCUT2D eigenvalue weighted by molar-refractivity contribution is 0.0532. The molecule has 0 unspecified atom stereocenters. The largest absolute Gasteiger partial charge is 0.462 e. The fourth-order valence-corrected chi connectivity index (χ4v) is 2.25. The predicted octanol–water partition coefficient (Wildman–Crippen LogP) is 3.13. The second kappa shape index (κ2) is 4.16. The van der Waals surface area contributed by atoms with Gasteiger partial charge in [-0.2, -0.15) is 0 Å². The molecule has 2 rings (SSSR count). The van der Waals surface area contributed by atoms with Crippen LogP contribution in [-0.4, -0.2) is 17.6 Å². The molecule has 0 aromatic carbocycles. The average Bonchev–Trinajstić information content (AvgIpc) is 2.60. The number of aromatic nitrogens is 1. The van der Waals surface area contributed by atoms with Crippen LogP contribution in [0, 0.1) is 0 Å². The smallest absolute Gasteiger partial charge is 0.348 e. The number of esters is 1. The highest BCUT2D eigenvalue weighted by atomic mass is 35.5. The van der Waals surface area contributed by atoms with Gasteiger partial charge in [0, 0.05) is 0 Å². The Morgan fingerprint density at radius 3 is 3.13 bits per heavy atom. The maximum absolute atomic E-state index is 11.4. The van der Waals surface area contributed by atoms with Gasteiger partial charge in [0.2, 0.25) is 0 Å². The summed E-state index contributed by atoms with van der Waals surface area (Å²) in [5.74, 6) is -0.309. The molecule has 2 aromatic heterocycles. The van der Waals surface area contributed by atoms with Crippen molar-refractivity contribution in [2.24, 2.45) is 0 Å². The third kappa shape index (κ3) is 2.11. The van der Waals surface area contributed by atoms with Crippen LogP contribution in [-0.2, 0) is 4.74 Å². The van der Waals surface area contributed by atoms with Crippen LogP contribution < -0.4 is 0 Å². The number of nitrogens with zero attached hydrogens (tertiary/aromatic N) is 1. The third-order valence-electron chi connectivity index (χ3n) is 1.82. The van der Waals surface area contributed by atoms with Crippen molar-refractivity contribution >= 4 is 39.1 Å². The second-order valence-electron chi connectivity index (χ2n) is 2.85. The first-order chi connectivity index (χ1) is 7.20. The van der Waals surface area contributed by atoms with Crippen LogP contribution in [0.25, 0.3) is 10.2 Å². The highest BCUT2D eigenvalue weighted by molar-refractivity contribution is 7.20. The minimum Gasteiger partial charge on any atom is -0.462 e. The van der Waals surface area contributed by atoms with Crippen molar-refractivity contribution in [2.75, 3.05) is 6.61 Å². The zero-order chi connectivity index (χ0) is 10.8. The first kappa shape index (κ1) is 10.4. The van der Waals surface area contributed by atoms with Crippen molar-refractivity contribution in [1.82, 2.24) is 4.98 Å². The van der Waals surface area contributed by atoms with Crippen LogP contribution in [0.1, 0.15) is 16.6 Å². The van der Waals surface area contributed by atoms with Gasteiger partial charge in [0.1, 0.15) is 10.0 Å². The van der Waals surface area contributed by atoms with E-state index in [1.165, 1.54) is 11.3 Å². The fourth-order valence-electron chi connectivity index (χ4n) is 1.20. The molecule has 0 aliphatic heterocycles. The summed E-state index contributed by atoms with van der Waals surface area (Å²) < 4.78 is 5.83. The van der Waals surface area contributed by atoms with Crippen LogP contribution in [0.5, 0.6) is 0 Å². The maximum atomic E-state index is 11.4. The van der Waals surface area contributed by atoms with Gasteiger partial charge in [-0.25, -0.2) is 9.78 Å². The minimum absolute atomic E-state index is 0.309. The number of hydrogen-bond acceptors (Lipinski definition) is 4. The van der Waals surface area contributed by atoms with Gasteiger partial charge < -0.3 is 4.74 Å². The summed E-state index contributed by atoms with van der Waals surface area (Å²) in [6.07, 6.45) is 0. The highest BCUT2D eigenvalue weighted by Gasteiger charge is 2.11. The number of ether oxygens (including phenoxy) is 1. The monoisotopic (exact) mass is 241 g/mol. The lowest BCUT2D eigenvalue weighted by Gasteiger charge is -1.95. The molecular formula is C10H8ClNO2S. The Morgan fingerprint density at radius 1 is 1.60 bits per heavy atom. The van der Waals surface area contributed by atoms with Crippen LogP contribution in [0.15, 0.2) is 18.2 Å². The zero-order valence-corrected chi connectivity index (χ0v) is 9.56. The number of thiophene rings is 1. The Hall–Kier alpha value is -1.13. The second-order valence-corrected chi connectivity index (χ2v) is 4.32. The van der Waals surface area contributed by atoms with Crippen molar-refractivity contribution in [2.45, 2.75) is 6.92 Å². The van der Waals surface area contributed by atoms with E-state index < -0.39 is 0 Å². The van der Waals surface area contributed by atoms with E-state index in [-0.39, 0.29) is 5.97 Å². The molecule has 2 aromatic rings. The normalized spacial score (nSPS) is 10.5. The Bertz CT molecular complexity index is 509. The topological polar surface area (TPSA) is 39.2 Å². The molecule has 0 amide bonds. The maximum Gasteiger partial charge on any atom is 0.348 e. The Labute approximate surface area is 95.6 Å². The molecule has 0 N–H and O–H groups in total. The van der Waals surface area contributed by atoms with Crippen molar-refractivity contribution in [3.63, 3.8) is 0 Å². The molecule has 5 heteroatoms. The first-order valence-corrected chi connectivity index (χ1v) is 5.63. The Kier molecular flexibility index (Phi) is 2.88. The van der Waals surface area contributed by atoms with Gasteiger partial charge in [0.15, 0.2) is 0 Å². The van der Waals surface area contributed by atoms with Gasteiger partial charge >= 0.3 is 5.97 Å². The number of pyridine rings is 1. The summed E-state index contributed by atoms with van der Waals surface area (Å²) in [5.41, 5.74) is 0.732. The lowest BCUT2D eigenvalue weighted by atomic mass is 10.4. The average molecular weight is 242 g/mol. The molecular weight excluding hydrogens is 234 g/mol. The van der Waals surface area contributed by atoms with Gasteiger partial charge in [0.05, 0.1) is 16.8 Å². The number of hydrogen-bond donors (Lipinski definition) is 0. The van der Waals surface area contributed by atoms with E-state index in [2.05, 4.69) is 4.98 Å². The first-order valence-electron chi connectivity index (χ1n) is 4.44. The van der Waals surface area contributed by atoms with Crippen molar-refractivity contribution in [3.05, 3.63) is 28.2 Å². The van der Waals surface area contributed by atoms with Gasteiger partial charge in [-0.3, -0.25) is 0 Å². The summed E-state index contributed by atoms with van der Waals surface area (Å²) in [5, 5.41) is 0.427. The zero-order valence-electron chi connectivity index (χ0n) is 7.99. The van der Waals surface area contributed by atoms with Gasteiger partial charge in [0.25, 0.3) is 0 Å². The summed E-state index contributed by atoms with van der Waals surface area (Å²) in [6, 6.07) is 5.25.